The summed E-state index contributed by atoms with van der Waals surface area (Å²) in [6, 6.07) is 1.28. The van der Waals surface area contributed by atoms with E-state index >= 15 is 0 Å². The first-order chi connectivity index (χ1) is 8.61. The van der Waals surface area contributed by atoms with Crippen molar-refractivity contribution in [1.29, 1.82) is 0 Å². The van der Waals surface area contributed by atoms with E-state index < -0.39 is 12.0 Å². The Hall–Kier alpha value is -1.23. The fourth-order valence-electron chi connectivity index (χ4n) is 1.87. The molecule has 4 nitrogen and oxygen atoms in total. The molecule has 0 bridgehead atoms. The summed E-state index contributed by atoms with van der Waals surface area (Å²) in [4.78, 5) is 24.8. The molecule has 0 N–H and O–H groups in total. The zero-order chi connectivity index (χ0) is 13.5. The van der Waals surface area contributed by atoms with E-state index in [0.29, 0.717) is 0 Å². The number of nitrogens with zero attached hydrogens (tertiary/aromatic N) is 2. The Labute approximate surface area is 112 Å². The summed E-state index contributed by atoms with van der Waals surface area (Å²) in [5, 5.41) is 6.89. The Morgan fingerprint density at radius 3 is 2.78 bits per heavy atom. The topological polar surface area (TPSA) is 49.7 Å². The summed E-state index contributed by atoms with van der Waals surface area (Å²) in [5.41, 5.74) is 0.833. The first-order valence-corrected chi connectivity index (χ1v) is 7.15. The van der Waals surface area contributed by atoms with Crippen molar-refractivity contribution in [3.63, 3.8) is 0 Å². The number of nitroso groups, excluding NO2 is 1. The summed E-state index contributed by atoms with van der Waals surface area (Å²) in [6.45, 7) is 4.59. The molecular formula is C13H20N2O2S. The van der Waals surface area contributed by atoms with Gasteiger partial charge in [-0.05, 0) is 28.8 Å². The second-order valence-electron chi connectivity index (χ2n) is 4.51. The Morgan fingerprint density at radius 1 is 1.56 bits per heavy atom. The zero-order valence-corrected chi connectivity index (χ0v) is 11.9. The van der Waals surface area contributed by atoms with Crippen LogP contribution in [0.15, 0.2) is 22.0 Å². The molecule has 0 fully saturated rings. The van der Waals surface area contributed by atoms with Crippen LogP contribution in [0.4, 0.5) is 0 Å². The van der Waals surface area contributed by atoms with Crippen molar-refractivity contribution in [2.75, 3.05) is 13.6 Å². The minimum Gasteiger partial charge on any atom is -0.345 e. The van der Waals surface area contributed by atoms with E-state index in [1.54, 1.807) is 18.9 Å². The highest BCUT2D eigenvalue weighted by Gasteiger charge is 2.28. The van der Waals surface area contributed by atoms with Gasteiger partial charge in [-0.1, -0.05) is 25.4 Å². The van der Waals surface area contributed by atoms with Crippen molar-refractivity contribution in [1.82, 2.24) is 4.90 Å². The second-order valence-corrected chi connectivity index (χ2v) is 5.29. The van der Waals surface area contributed by atoms with E-state index in [1.807, 2.05) is 16.8 Å². The fourth-order valence-corrected chi connectivity index (χ4v) is 2.56. The highest BCUT2D eigenvalue weighted by molar-refractivity contribution is 7.07. The summed E-state index contributed by atoms with van der Waals surface area (Å²) in [7, 11) is 1.78. The van der Waals surface area contributed by atoms with Crippen LogP contribution in [0, 0.1) is 10.8 Å². The lowest BCUT2D eigenvalue weighted by Crippen LogP contribution is -2.34. The standard InChI is InChI=1S/C13H20N2O2S/c1-4-5-7-15(3)13(16)10(2)12(14-17)11-6-8-18-9-11/h6,8-10,12H,4-5,7H2,1-3H3. The number of thiophene rings is 1. The van der Waals surface area contributed by atoms with E-state index in [4.69, 9.17) is 0 Å². The molecule has 1 aromatic heterocycles. The quantitative estimate of drug-likeness (QED) is 0.711. The van der Waals surface area contributed by atoms with E-state index in [2.05, 4.69) is 12.1 Å². The molecule has 0 aliphatic rings. The average Bonchev–Trinajstić information content (AvgIpc) is 2.89. The smallest absolute Gasteiger partial charge is 0.227 e. The number of carbonyl (C=O) groups excluding carboxylic acids is 1. The van der Waals surface area contributed by atoms with Crippen LogP contribution in [0.3, 0.4) is 0 Å². The second kappa shape index (κ2) is 7.26. The molecule has 100 valence electrons. The summed E-state index contributed by atoms with van der Waals surface area (Å²) in [5.74, 6) is -0.418. The minimum atomic E-state index is -0.576. The monoisotopic (exact) mass is 268 g/mol. The van der Waals surface area contributed by atoms with E-state index in [0.717, 1.165) is 24.9 Å². The third-order valence-corrected chi connectivity index (χ3v) is 3.79. The molecule has 18 heavy (non-hydrogen) atoms. The number of unbranched alkanes of at least 4 members (excludes halogenated alkanes) is 1. The summed E-state index contributed by atoms with van der Waals surface area (Å²) in [6.07, 6.45) is 2.03. The van der Waals surface area contributed by atoms with Gasteiger partial charge in [0.1, 0.15) is 6.04 Å². The van der Waals surface area contributed by atoms with Crippen molar-refractivity contribution in [3.05, 3.63) is 27.3 Å². The molecule has 1 rings (SSSR count). The van der Waals surface area contributed by atoms with Gasteiger partial charge in [0, 0.05) is 13.6 Å². The van der Waals surface area contributed by atoms with E-state index in [1.165, 1.54) is 11.3 Å². The Bertz CT molecular complexity index is 378. The van der Waals surface area contributed by atoms with E-state index in [9.17, 15) is 9.70 Å². The highest BCUT2D eigenvalue weighted by Crippen LogP contribution is 2.28. The predicted molar refractivity (Wildman–Crippen MR) is 74.6 cm³/mol. The lowest BCUT2D eigenvalue weighted by Gasteiger charge is -2.23. The van der Waals surface area contributed by atoms with E-state index in [-0.39, 0.29) is 5.91 Å². The molecular weight excluding hydrogens is 248 g/mol. The molecule has 2 atom stereocenters. The van der Waals surface area contributed by atoms with Crippen LogP contribution in [-0.2, 0) is 4.79 Å². The maximum atomic E-state index is 12.2. The molecule has 0 aliphatic carbocycles. The Balaban J connectivity index is 2.69. The van der Waals surface area contributed by atoms with Gasteiger partial charge < -0.3 is 4.90 Å². The van der Waals surface area contributed by atoms with Crippen LogP contribution in [0.1, 0.15) is 38.3 Å². The molecule has 0 radical (unpaired) electrons. The molecule has 1 amide bonds. The lowest BCUT2D eigenvalue weighted by atomic mass is 9.96. The molecule has 5 heteroatoms. The first kappa shape index (κ1) is 14.8. The number of amides is 1. The van der Waals surface area contributed by atoms with Crippen molar-refractivity contribution < 1.29 is 4.79 Å². The van der Waals surface area contributed by atoms with Gasteiger partial charge in [-0.2, -0.15) is 16.2 Å². The molecule has 0 aromatic carbocycles. The molecule has 0 spiro atoms. The van der Waals surface area contributed by atoms with Gasteiger partial charge in [-0.25, -0.2) is 0 Å². The van der Waals surface area contributed by atoms with Crippen LogP contribution < -0.4 is 0 Å². The third-order valence-electron chi connectivity index (χ3n) is 3.08. The molecule has 0 saturated carbocycles. The minimum absolute atomic E-state index is 0.0146. The fraction of sp³-hybridized carbons (Fsp3) is 0.615. The maximum Gasteiger partial charge on any atom is 0.227 e. The van der Waals surface area contributed by atoms with Crippen LogP contribution in [-0.4, -0.2) is 24.4 Å². The van der Waals surface area contributed by atoms with Gasteiger partial charge in [0.2, 0.25) is 5.91 Å². The van der Waals surface area contributed by atoms with Gasteiger partial charge in [-0.3, -0.25) is 4.79 Å². The first-order valence-electron chi connectivity index (χ1n) is 6.21. The molecule has 1 aromatic rings. The van der Waals surface area contributed by atoms with Gasteiger partial charge >= 0.3 is 0 Å². The van der Waals surface area contributed by atoms with Crippen LogP contribution >= 0.6 is 11.3 Å². The maximum absolute atomic E-state index is 12.2. The molecule has 0 saturated heterocycles. The van der Waals surface area contributed by atoms with Gasteiger partial charge in [0.25, 0.3) is 0 Å². The van der Waals surface area contributed by atoms with Gasteiger partial charge in [0.15, 0.2) is 0 Å². The van der Waals surface area contributed by atoms with Crippen molar-refractivity contribution in [3.8, 4) is 0 Å². The highest BCUT2D eigenvalue weighted by atomic mass is 32.1. The SMILES string of the molecule is CCCCN(C)C(=O)C(C)C(N=O)c1ccsc1. The summed E-state index contributed by atoms with van der Waals surface area (Å²) >= 11 is 1.51. The lowest BCUT2D eigenvalue weighted by molar-refractivity contribution is -0.134. The van der Waals surface area contributed by atoms with Gasteiger partial charge in [0.05, 0.1) is 5.92 Å². The third kappa shape index (κ3) is 3.63. The largest absolute Gasteiger partial charge is 0.345 e. The van der Waals surface area contributed by atoms with Crippen molar-refractivity contribution in [2.45, 2.75) is 32.7 Å². The molecule has 0 aliphatic heterocycles. The van der Waals surface area contributed by atoms with Gasteiger partial charge in [-0.15, -0.1) is 0 Å². The number of rotatable bonds is 7. The summed E-state index contributed by atoms with van der Waals surface area (Å²) < 4.78 is 0. The predicted octanol–water partition coefficient (Wildman–Crippen LogP) is 3.45. The van der Waals surface area contributed by atoms with Crippen LogP contribution in [0.25, 0.3) is 0 Å². The van der Waals surface area contributed by atoms with Crippen LogP contribution in [0.2, 0.25) is 0 Å². The number of hydrogen-bond acceptors (Lipinski definition) is 4. The number of carbonyl (C=O) groups is 1. The van der Waals surface area contributed by atoms with Crippen LogP contribution in [0.5, 0.6) is 0 Å². The molecule has 2 unspecified atom stereocenters. The Morgan fingerprint density at radius 2 is 2.28 bits per heavy atom. The van der Waals surface area contributed by atoms with Crippen molar-refractivity contribution >= 4 is 17.2 Å². The van der Waals surface area contributed by atoms with Crippen molar-refractivity contribution in [2.24, 2.45) is 11.1 Å². The Kier molecular flexibility index (Phi) is 5.98. The molecule has 1 heterocycles. The zero-order valence-electron chi connectivity index (χ0n) is 11.1. The number of hydrogen-bond donors (Lipinski definition) is 0. The normalized spacial score (nSPS) is 13.9. The average molecular weight is 268 g/mol.